The number of carbonyl (C=O) groups excluding carboxylic acids is 1. The van der Waals surface area contributed by atoms with Crippen molar-refractivity contribution >= 4 is 34.8 Å². The summed E-state index contributed by atoms with van der Waals surface area (Å²) in [7, 11) is 0. The molecule has 0 atom stereocenters. The number of nitrogens with zero attached hydrogens (tertiary/aromatic N) is 1. The van der Waals surface area contributed by atoms with Gasteiger partial charge in [0.25, 0.3) is 11.7 Å². The standard InChI is InChI=1S/C14H15Cl2NO3/c1-8(2)17-12-9(4-5-10(15)11(12)16)14(13(17)18)19-6-3-7-20-14/h4-5,8H,3,6-7H2,1-2H3. The number of anilines is 1. The molecule has 0 radical (unpaired) electrons. The van der Waals surface area contributed by atoms with Crippen molar-refractivity contribution in [2.75, 3.05) is 18.1 Å². The summed E-state index contributed by atoms with van der Waals surface area (Å²) >= 11 is 12.4. The van der Waals surface area contributed by atoms with Gasteiger partial charge in [-0.05, 0) is 32.4 Å². The molecule has 0 N–H and O–H groups in total. The van der Waals surface area contributed by atoms with Crippen LogP contribution in [0.15, 0.2) is 12.1 Å². The largest absolute Gasteiger partial charge is 0.338 e. The Bertz CT molecular complexity index is 568. The predicted octanol–water partition coefficient (Wildman–Crippen LogP) is 3.34. The fraction of sp³-hybridized carbons (Fsp3) is 0.500. The lowest BCUT2D eigenvalue weighted by molar-refractivity contribution is -0.256. The Balaban J connectivity index is 2.23. The summed E-state index contributed by atoms with van der Waals surface area (Å²) in [5.74, 6) is -1.59. The molecule has 0 aromatic heterocycles. The second-order valence-electron chi connectivity index (χ2n) is 5.19. The third-order valence-electron chi connectivity index (χ3n) is 3.58. The maximum atomic E-state index is 12.8. The van der Waals surface area contributed by atoms with Gasteiger partial charge in [-0.2, -0.15) is 0 Å². The van der Waals surface area contributed by atoms with E-state index in [1.807, 2.05) is 13.8 Å². The van der Waals surface area contributed by atoms with Gasteiger partial charge in [0.2, 0.25) is 0 Å². The number of ether oxygens (including phenoxy) is 2. The molecule has 20 heavy (non-hydrogen) atoms. The van der Waals surface area contributed by atoms with Crippen molar-refractivity contribution in [1.82, 2.24) is 0 Å². The Labute approximate surface area is 127 Å². The number of halogens is 2. The van der Waals surface area contributed by atoms with Crippen LogP contribution in [-0.2, 0) is 20.1 Å². The SMILES string of the molecule is CC(C)N1C(=O)C2(OCCCO2)c2ccc(Cl)c(Cl)c21. The Kier molecular flexibility index (Phi) is 3.45. The van der Waals surface area contributed by atoms with Crippen LogP contribution in [0.1, 0.15) is 25.8 Å². The third kappa shape index (κ3) is 1.79. The van der Waals surface area contributed by atoms with E-state index in [9.17, 15) is 4.79 Å². The highest BCUT2D eigenvalue weighted by Crippen LogP contribution is 2.50. The Morgan fingerprint density at radius 2 is 1.90 bits per heavy atom. The minimum absolute atomic E-state index is 0.0641. The molecule has 4 nitrogen and oxygen atoms in total. The maximum Gasteiger partial charge on any atom is 0.292 e. The molecule has 1 fully saturated rings. The highest BCUT2D eigenvalue weighted by molar-refractivity contribution is 6.44. The van der Waals surface area contributed by atoms with E-state index in [0.29, 0.717) is 34.5 Å². The van der Waals surface area contributed by atoms with Gasteiger partial charge < -0.3 is 14.4 Å². The van der Waals surface area contributed by atoms with E-state index in [1.54, 1.807) is 17.0 Å². The van der Waals surface area contributed by atoms with E-state index in [4.69, 9.17) is 32.7 Å². The molecule has 3 rings (SSSR count). The number of hydrogen-bond donors (Lipinski definition) is 0. The van der Waals surface area contributed by atoms with E-state index in [0.717, 1.165) is 6.42 Å². The van der Waals surface area contributed by atoms with Gasteiger partial charge >= 0.3 is 0 Å². The topological polar surface area (TPSA) is 38.8 Å². The third-order valence-corrected chi connectivity index (χ3v) is 4.37. The molecule has 1 spiro atoms. The van der Waals surface area contributed by atoms with Crippen molar-refractivity contribution in [3.8, 4) is 0 Å². The zero-order chi connectivity index (χ0) is 14.5. The summed E-state index contributed by atoms with van der Waals surface area (Å²) in [5.41, 5.74) is 1.24. The van der Waals surface area contributed by atoms with Crippen LogP contribution < -0.4 is 4.90 Å². The number of benzene rings is 1. The molecule has 1 amide bonds. The van der Waals surface area contributed by atoms with Crippen LogP contribution in [0.4, 0.5) is 5.69 Å². The normalized spacial score (nSPS) is 20.9. The van der Waals surface area contributed by atoms with Crippen molar-refractivity contribution < 1.29 is 14.3 Å². The fourth-order valence-electron chi connectivity index (χ4n) is 2.72. The first-order chi connectivity index (χ1) is 9.49. The van der Waals surface area contributed by atoms with E-state index in [2.05, 4.69) is 0 Å². The molecule has 0 unspecified atom stereocenters. The van der Waals surface area contributed by atoms with Crippen molar-refractivity contribution in [3.05, 3.63) is 27.7 Å². The van der Waals surface area contributed by atoms with Crippen molar-refractivity contribution in [3.63, 3.8) is 0 Å². The number of carbonyl (C=O) groups is 1. The van der Waals surface area contributed by atoms with Crippen LogP contribution in [0.25, 0.3) is 0 Å². The number of amides is 1. The summed E-state index contributed by atoms with van der Waals surface area (Å²) in [5, 5.41) is 0.776. The first kappa shape index (κ1) is 14.1. The Morgan fingerprint density at radius 3 is 2.50 bits per heavy atom. The molecular weight excluding hydrogens is 301 g/mol. The molecule has 2 heterocycles. The van der Waals surface area contributed by atoms with Gasteiger partial charge in [0.15, 0.2) is 0 Å². The molecule has 0 bridgehead atoms. The van der Waals surface area contributed by atoms with Crippen LogP contribution in [-0.4, -0.2) is 25.2 Å². The van der Waals surface area contributed by atoms with Crippen LogP contribution >= 0.6 is 23.2 Å². The van der Waals surface area contributed by atoms with Gasteiger partial charge in [-0.1, -0.05) is 23.2 Å². The molecule has 2 aliphatic rings. The molecule has 1 saturated heterocycles. The fourth-order valence-corrected chi connectivity index (χ4v) is 3.13. The Morgan fingerprint density at radius 1 is 1.25 bits per heavy atom. The summed E-state index contributed by atoms with van der Waals surface area (Å²) < 4.78 is 11.5. The molecule has 1 aromatic rings. The lowest BCUT2D eigenvalue weighted by Crippen LogP contribution is -2.48. The molecule has 6 heteroatoms. The van der Waals surface area contributed by atoms with Gasteiger partial charge in [-0.25, -0.2) is 0 Å². The van der Waals surface area contributed by atoms with Gasteiger partial charge in [-0.15, -0.1) is 0 Å². The summed E-state index contributed by atoms with van der Waals surface area (Å²) in [6.45, 7) is 4.80. The van der Waals surface area contributed by atoms with Gasteiger partial charge in [0.1, 0.15) is 0 Å². The van der Waals surface area contributed by atoms with E-state index in [-0.39, 0.29) is 11.9 Å². The molecule has 2 aliphatic heterocycles. The smallest absolute Gasteiger partial charge is 0.292 e. The van der Waals surface area contributed by atoms with Crippen LogP contribution in [0.2, 0.25) is 10.0 Å². The minimum atomic E-state index is -1.36. The summed E-state index contributed by atoms with van der Waals surface area (Å²) in [6, 6.07) is 3.36. The maximum absolute atomic E-state index is 12.8. The van der Waals surface area contributed by atoms with Crippen molar-refractivity contribution in [2.24, 2.45) is 0 Å². The van der Waals surface area contributed by atoms with Crippen molar-refractivity contribution in [2.45, 2.75) is 32.1 Å². The molecule has 108 valence electrons. The van der Waals surface area contributed by atoms with Gasteiger partial charge in [0, 0.05) is 11.6 Å². The minimum Gasteiger partial charge on any atom is -0.338 e. The molecule has 1 aromatic carbocycles. The zero-order valence-electron chi connectivity index (χ0n) is 11.3. The van der Waals surface area contributed by atoms with Gasteiger partial charge in [-0.3, -0.25) is 4.79 Å². The lowest BCUT2D eigenvalue weighted by Gasteiger charge is -2.33. The van der Waals surface area contributed by atoms with Crippen LogP contribution in [0, 0.1) is 0 Å². The monoisotopic (exact) mass is 315 g/mol. The van der Waals surface area contributed by atoms with E-state index in [1.165, 1.54) is 0 Å². The number of hydrogen-bond acceptors (Lipinski definition) is 3. The Hall–Kier alpha value is -0.810. The quantitative estimate of drug-likeness (QED) is 0.798. The number of fused-ring (bicyclic) bond motifs is 2. The van der Waals surface area contributed by atoms with E-state index >= 15 is 0 Å². The zero-order valence-corrected chi connectivity index (χ0v) is 12.8. The highest BCUT2D eigenvalue weighted by Gasteiger charge is 2.56. The van der Waals surface area contributed by atoms with Crippen LogP contribution in [0.3, 0.4) is 0 Å². The predicted molar refractivity (Wildman–Crippen MR) is 77.3 cm³/mol. The second-order valence-corrected chi connectivity index (χ2v) is 5.98. The molecule has 0 aliphatic carbocycles. The summed E-state index contributed by atoms with van der Waals surface area (Å²) in [6.07, 6.45) is 0.771. The van der Waals surface area contributed by atoms with Gasteiger partial charge in [0.05, 0.1) is 28.9 Å². The van der Waals surface area contributed by atoms with Crippen LogP contribution in [0.5, 0.6) is 0 Å². The average molecular weight is 316 g/mol. The van der Waals surface area contributed by atoms with Crippen molar-refractivity contribution in [1.29, 1.82) is 0 Å². The first-order valence-electron chi connectivity index (χ1n) is 6.59. The van der Waals surface area contributed by atoms with E-state index < -0.39 is 5.79 Å². The first-order valence-corrected chi connectivity index (χ1v) is 7.34. The molecular formula is C14H15Cl2NO3. The second kappa shape index (κ2) is 4.88. The number of rotatable bonds is 1. The molecule has 0 saturated carbocycles. The highest BCUT2D eigenvalue weighted by atomic mass is 35.5. The lowest BCUT2D eigenvalue weighted by atomic mass is 10.1. The average Bonchev–Trinajstić information content (AvgIpc) is 2.66. The summed E-state index contributed by atoms with van der Waals surface area (Å²) in [4.78, 5) is 14.4.